The van der Waals surface area contributed by atoms with Gasteiger partial charge in [-0.25, -0.2) is 0 Å². The summed E-state index contributed by atoms with van der Waals surface area (Å²) in [5.41, 5.74) is 8.74. The van der Waals surface area contributed by atoms with E-state index in [1.54, 1.807) is 6.07 Å². The Morgan fingerprint density at radius 3 is 2.48 bits per heavy atom. The van der Waals surface area contributed by atoms with Crippen LogP contribution in [-0.4, -0.2) is 5.91 Å². The third kappa shape index (κ3) is 2.58. The van der Waals surface area contributed by atoms with Crippen molar-refractivity contribution in [2.75, 3.05) is 11.1 Å². The third-order valence-electron chi connectivity index (χ3n) is 3.56. The maximum absolute atomic E-state index is 12.4. The molecule has 3 N–H and O–H groups in total. The zero-order valence-electron chi connectivity index (χ0n) is 11.8. The molecule has 0 spiro atoms. The van der Waals surface area contributed by atoms with Gasteiger partial charge in [0.1, 0.15) is 0 Å². The van der Waals surface area contributed by atoms with Gasteiger partial charge in [0.05, 0.1) is 11.4 Å². The summed E-state index contributed by atoms with van der Waals surface area (Å²) in [4.78, 5) is 12.4. The molecule has 0 aromatic heterocycles. The molecule has 3 heteroatoms. The van der Waals surface area contributed by atoms with E-state index in [0.29, 0.717) is 16.9 Å². The van der Waals surface area contributed by atoms with Crippen LogP contribution in [0.4, 0.5) is 11.4 Å². The Balaban J connectivity index is 1.94. The zero-order chi connectivity index (χ0) is 14.8. The predicted octanol–water partition coefficient (Wildman–Crippen LogP) is 3.98. The van der Waals surface area contributed by atoms with Gasteiger partial charge in [0, 0.05) is 5.56 Å². The summed E-state index contributed by atoms with van der Waals surface area (Å²) in [6.07, 6.45) is 0. The van der Waals surface area contributed by atoms with Gasteiger partial charge >= 0.3 is 0 Å². The molecule has 1 amide bonds. The third-order valence-corrected chi connectivity index (χ3v) is 3.56. The van der Waals surface area contributed by atoms with Gasteiger partial charge in [-0.2, -0.15) is 0 Å². The van der Waals surface area contributed by atoms with E-state index >= 15 is 0 Å². The second kappa shape index (κ2) is 5.29. The summed E-state index contributed by atoms with van der Waals surface area (Å²) >= 11 is 0. The quantitative estimate of drug-likeness (QED) is 0.695. The molecular formula is C18H16N2O. The van der Waals surface area contributed by atoms with Gasteiger partial charge in [-0.3, -0.25) is 4.79 Å². The van der Waals surface area contributed by atoms with E-state index in [1.807, 2.05) is 61.5 Å². The van der Waals surface area contributed by atoms with Crippen LogP contribution in [0.5, 0.6) is 0 Å². The molecule has 21 heavy (non-hydrogen) atoms. The number of nitrogens with two attached hydrogens (primary N) is 1. The largest absolute Gasteiger partial charge is 0.397 e. The standard InChI is InChI=1S/C18H16N2O/c1-12-5-4-8-16(19)17(12)20-18(21)15-10-9-13-6-2-3-7-14(13)11-15/h2-11H,19H2,1H3,(H,20,21). The maximum Gasteiger partial charge on any atom is 0.255 e. The van der Waals surface area contributed by atoms with Crippen LogP contribution in [-0.2, 0) is 0 Å². The summed E-state index contributed by atoms with van der Waals surface area (Å²) in [5, 5.41) is 5.06. The molecule has 0 atom stereocenters. The number of aryl methyl sites for hydroxylation is 1. The second-order valence-corrected chi connectivity index (χ2v) is 5.06. The lowest BCUT2D eigenvalue weighted by molar-refractivity contribution is 0.102. The molecule has 0 aliphatic rings. The number of hydrogen-bond acceptors (Lipinski definition) is 2. The Kier molecular flexibility index (Phi) is 3.32. The van der Waals surface area contributed by atoms with Gasteiger partial charge in [-0.1, -0.05) is 42.5 Å². The summed E-state index contributed by atoms with van der Waals surface area (Å²) < 4.78 is 0. The lowest BCUT2D eigenvalue weighted by atomic mass is 10.1. The highest BCUT2D eigenvalue weighted by molar-refractivity contribution is 6.08. The van der Waals surface area contributed by atoms with E-state index in [-0.39, 0.29) is 5.91 Å². The van der Waals surface area contributed by atoms with Crippen LogP contribution in [0.1, 0.15) is 15.9 Å². The van der Waals surface area contributed by atoms with Crippen LogP contribution in [0.3, 0.4) is 0 Å². The lowest BCUT2D eigenvalue weighted by Gasteiger charge is -2.11. The number of carbonyl (C=O) groups is 1. The van der Waals surface area contributed by atoms with Crippen molar-refractivity contribution in [3.05, 3.63) is 71.8 Å². The van der Waals surface area contributed by atoms with Crippen molar-refractivity contribution in [2.45, 2.75) is 6.92 Å². The van der Waals surface area contributed by atoms with Crippen LogP contribution in [0, 0.1) is 6.92 Å². The Labute approximate surface area is 123 Å². The summed E-state index contributed by atoms with van der Waals surface area (Å²) in [6, 6.07) is 19.2. The summed E-state index contributed by atoms with van der Waals surface area (Å²) in [7, 11) is 0. The molecule has 0 saturated heterocycles. The van der Waals surface area contributed by atoms with Crippen molar-refractivity contribution in [2.24, 2.45) is 0 Å². The maximum atomic E-state index is 12.4. The predicted molar refractivity (Wildman–Crippen MR) is 87.5 cm³/mol. The van der Waals surface area contributed by atoms with Crippen molar-refractivity contribution in [1.29, 1.82) is 0 Å². The summed E-state index contributed by atoms with van der Waals surface area (Å²) in [6.45, 7) is 1.92. The van der Waals surface area contributed by atoms with E-state index in [4.69, 9.17) is 5.73 Å². The van der Waals surface area contributed by atoms with Crippen LogP contribution in [0.25, 0.3) is 10.8 Å². The van der Waals surface area contributed by atoms with Gasteiger partial charge < -0.3 is 11.1 Å². The number of para-hydroxylation sites is 1. The van der Waals surface area contributed by atoms with E-state index in [2.05, 4.69) is 5.32 Å². The number of carbonyl (C=O) groups excluding carboxylic acids is 1. The molecule has 0 aliphatic heterocycles. The minimum Gasteiger partial charge on any atom is -0.397 e. The molecule has 0 heterocycles. The molecule has 0 aliphatic carbocycles. The number of amides is 1. The van der Waals surface area contributed by atoms with Gasteiger partial charge in [-0.05, 0) is 41.5 Å². The van der Waals surface area contributed by atoms with Gasteiger partial charge in [0.15, 0.2) is 0 Å². The van der Waals surface area contributed by atoms with Crippen molar-refractivity contribution in [3.63, 3.8) is 0 Å². The zero-order valence-corrected chi connectivity index (χ0v) is 11.8. The molecule has 0 fully saturated rings. The number of nitrogens with one attached hydrogen (secondary N) is 1. The highest BCUT2D eigenvalue weighted by Crippen LogP contribution is 2.24. The topological polar surface area (TPSA) is 55.1 Å². The van der Waals surface area contributed by atoms with Crippen LogP contribution < -0.4 is 11.1 Å². The molecule has 104 valence electrons. The molecule has 0 radical (unpaired) electrons. The lowest BCUT2D eigenvalue weighted by Crippen LogP contribution is -2.14. The van der Waals surface area contributed by atoms with Crippen LogP contribution in [0.15, 0.2) is 60.7 Å². The highest BCUT2D eigenvalue weighted by Gasteiger charge is 2.10. The van der Waals surface area contributed by atoms with Gasteiger partial charge in [-0.15, -0.1) is 0 Å². The molecule has 0 unspecified atom stereocenters. The monoisotopic (exact) mass is 276 g/mol. The molecule has 3 aromatic carbocycles. The second-order valence-electron chi connectivity index (χ2n) is 5.06. The molecule has 3 aromatic rings. The number of rotatable bonds is 2. The fraction of sp³-hybridized carbons (Fsp3) is 0.0556. The highest BCUT2D eigenvalue weighted by atomic mass is 16.1. The Morgan fingerprint density at radius 1 is 0.952 bits per heavy atom. The molecule has 0 saturated carbocycles. The minimum absolute atomic E-state index is 0.151. The first-order chi connectivity index (χ1) is 10.1. The van der Waals surface area contributed by atoms with E-state index < -0.39 is 0 Å². The van der Waals surface area contributed by atoms with E-state index in [9.17, 15) is 4.79 Å². The van der Waals surface area contributed by atoms with Crippen molar-refractivity contribution >= 4 is 28.1 Å². The number of fused-ring (bicyclic) bond motifs is 1. The minimum atomic E-state index is -0.151. The number of nitrogen functional groups attached to an aromatic ring is 1. The molecule has 3 rings (SSSR count). The number of hydrogen-bond donors (Lipinski definition) is 2. The van der Waals surface area contributed by atoms with Crippen molar-refractivity contribution < 1.29 is 4.79 Å². The van der Waals surface area contributed by atoms with Crippen molar-refractivity contribution in [3.8, 4) is 0 Å². The molecule has 3 nitrogen and oxygen atoms in total. The van der Waals surface area contributed by atoms with Crippen molar-refractivity contribution in [1.82, 2.24) is 0 Å². The van der Waals surface area contributed by atoms with E-state index in [0.717, 1.165) is 16.3 Å². The normalized spacial score (nSPS) is 10.5. The number of benzene rings is 3. The Morgan fingerprint density at radius 2 is 1.71 bits per heavy atom. The fourth-order valence-corrected chi connectivity index (χ4v) is 2.38. The first-order valence-corrected chi connectivity index (χ1v) is 6.80. The molecular weight excluding hydrogens is 260 g/mol. The SMILES string of the molecule is Cc1cccc(N)c1NC(=O)c1ccc2ccccc2c1. The number of anilines is 2. The first-order valence-electron chi connectivity index (χ1n) is 6.80. The average molecular weight is 276 g/mol. The van der Waals surface area contributed by atoms with E-state index in [1.165, 1.54) is 0 Å². The molecule has 0 bridgehead atoms. The van der Waals surface area contributed by atoms with Crippen LogP contribution in [0.2, 0.25) is 0 Å². The fourth-order valence-electron chi connectivity index (χ4n) is 2.38. The van der Waals surface area contributed by atoms with Gasteiger partial charge in [0.25, 0.3) is 5.91 Å². The summed E-state index contributed by atoms with van der Waals surface area (Å²) in [5.74, 6) is -0.151. The average Bonchev–Trinajstić information content (AvgIpc) is 2.50. The first kappa shape index (κ1) is 13.2. The van der Waals surface area contributed by atoms with Gasteiger partial charge in [0.2, 0.25) is 0 Å². The Bertz CT molecular complexity index is 804. The smallest absolute Gasteiger partial charge is 0.255 e. The Hall–Kier alpha value is -2.81. The van der Waals surface area contributed by atoms with Crippen LogP contribution >= 0.6 is 0 Å².